The molecule has 5 heteroatoms. The highest BCUT2D eigenvalue weighted by atomic mass is 16.7. The number of fused-ring (bicyclic) bond motifs is 1. The van der Waals surface area contributed by atoms with Crippen LogP contribution in [0.15, 0.2) is 42.5 Å². The van der Waals surface area contributed by atoms with Crippen molar-refractivity contribution in [1.82, 2.24) is 10.2 Å². The van der Waals surface area contributed by atoms with E-state index in [0.29, 0.717) is 13.4 Å². The first kappa shape index (κ1) is 16.2. The van der Waals surface area contributed by atoms with Crippen LogP contribution in [0.5, 0.6) is 17.2 Å². The molecule has 0 aromatic heterocycles. The first-order chi connectivity index (χ1) is 12.4. The monoisotopic (exact) mass is 340 g/mol. The molecule has 2 aliphatic heterocycles. The number of hydrogen-bond donors (Lipinski definition) is 1. The van der Waals surface area contributed by atoms with Gasteiger partial charge in [-0.15, -0.1) is 0 Å². The zero-order valence-corrected chi connectivity index (χ0v) is 14.4. The molecule has 5 nitrogen and oxygen atoms in total. The van der Waals surface area contributed by atoms with E-state index in [4.69, 9.17) is 14.2 Å². The SMILES string of the molecule is c1cc(CN2CCNCC2)ccc1CCOc1ccc2c(c1)OCO2. The summed E-state index contributed by atoms with van der Waals surface area (Å²) in [5.41, 5.74) is 2.67. The molecule has 0 atom stereocenters. The Hall–Kier alpha value is -2.24. The Bertz CT molecular complexity index is 697. The molecule has 25 heavy (non-hydrogen) atoms. The molecule has 1 fully saturated rings. The predicted molar refractivity (Wildman–Crippen MR) is 96.4 cm³/mol. The van der Waals surface area contributed by atoms with Gasteiger partial charge in [-0.1, -0.05) is 24.3 Å². The zero-order valence-electron chi connectivity index (χ0n) is 14.4. The average molecular weight is 340 g/mol. The van der Waals surface area contributed by atoms with Gasteiger partial charge in [0.1, 0.15) is 5.75 Å². The molecule has 2 aliphatic rings. The van der Waals surface area contributed by atoms with Gasteiger partial charge in [-0.25, -0.2) is 0 Å². The van der Waals surface area contributed by atoms with E-state index >= 15 is 0 Å². The van der Waals surface area contributed by atoms with E-state index in [2.05, 4.69) is 34.5 Å². The summed E-state index contributed by atoms with van der Waals surface area (Å²) in [5.74, 6) is 2.36. The normalized spacial score (nSPS) is 16.8. The van der Waals surface area contributed by atoms with Gasteiger partial charge >= 0.3 is 0 Å². The highest BCUT2D eigenvalue weighted by molar-refractivity contribution is 5.46. The van der Waals surface area contributed by atoms with Gasteiger partial charge in [0, 0.05) is 45.2 Å². The van der Waals surface area contributed by atoms with Crippen LogP contribution < -0.4 is 19.5 Å². The lowest BCUT2D eigenvalue weighted by atomic mass is 10.1. The van der Waals surface area contributed by atoms with E-state index in [1.54, 1.807) is 0 Å². The number of nitrogens with one attached hydrogen (secondary N) is 1. The lowest BCUT2D eigenvalue weighted by Crippen LogP contribution is -2.42. The highest BCUT2D eigenvalue weighted by Crippen LogP contribution is 2.35. The summed E-state index contributed by atoms with van der Waals surface area (Å²) >= 11 is 0. The molecule has 132 valence electrons. The van der Waals surface area contributed by atoms with Gasteiger partial charge in [0.05, 0.1) is 6.61 Å². The van der Waals surface area contributed by atoms with E-state index in [9.17, 15) is 0 Å². The fourth-order valence-electron chi connectivity index (χ4n) is 3.19. The van der Waals surface area contributed by atoms with Crippen molar-refractivity contribution < 1.29 is 14.2 Å². The maximum atomic E-state index is 5.84. The lowest BCUT2D eigenvalue weighted by Gasteiger charge is -2.27. The van der Waals surface area contributed by atoms with Crippen LogP contribution in [0.4, 0.5) is 0 Å². The van der Waals surface area contributed by atoms with Crippen molar-refractivity contribution in [3.05, 3.63) is 53.6 Å². The topological polar surface area (TPSA) is 43.0 Å². The Balaban J connectivity index is 1.25. The number of piperazine rings is 1. The predicted octanol–water partition coefficient (Wildman–Crippen LogP) is 2.44. The second kappa shape index (κ2) is 7.76. The summed E-state index contributed by atoms with van der Waals surface area (Å²) < 4.78 is 16.5. The molecular formula is C20H24N2O3. The van der Waals surface area contributed by atoms with Gasteiger partial charge in [-0.3, -0.25) is 4.90 Å². The summed E-state index contributed by atoms with van der Waals surface area (Å²) in [6, 6.07) is 14.6. The molecule has 0 radical (unpaired) electrons. The Morgan fingerprint density at radius 3 is 2.52 bits per heavy atom. The van der Waals surface area contributed by atoms with E-state index < -0.39 is 0 Å². The van der Waals surface area contributed by atoms with Crippen molar-refractivity contribution in [2.75, 3.05) is 39.6 Å². The fraction of sp³-hybridized carbons (Fsp3) is 0.400. The number of hydrogen-bond acceptors (Lipinski definition) is 5. The van der Waals surface area contributed by atoms with Crippen molar-refractivity contribution in [3.8, 4) is 17.2 Å². The summed E-state index contributed by atoms with van der Waals surface area (Å²) in [6.45, 7) is 6.42. The summed E-state index contributed by atoms with van der Waals surface area (Å²) in [5, 5.41) is 3.39. The number of benzene rings is 2. The second-order valence-corrected chi connectivity index (χ2v) is 6.46. The molecule has 2 heterocycles. The number of nitrogens with zero attached hydrogens (tertiary/aromatic N) is 1. The van der Waals surface area contributed by atoms with E-state index in [-0.39, 0.29) is 0 Å². The Labute approximate surface area is 148 Å². The zero-order chi connectivity index (χ0) is 16.9. The van der Waals surface area contributed by atoms with Crippen molar-refractivity contribution in [3.63, 3.8) is 0 Å². The molecule has 0 amide bonds. The minimum Gasteiger partial charge on any atom is -0.493 e. The second-order valence-electron chi connectivity index (χ2n) is 6.46. The van der Waals surface area contributed by atoms with Crippen LogP contribution in [0.25, 0.3) is 0 Å². The molecular weight excluding hydrogens is 316 g/mol. The molecule has 2 aromatic rings. The fourth-order valence-corrected chi connectivity index (χ4v) is 3.19. The van der Waals surface area contributed by atoms with Gasteiger partial charge < -0.3 is 19.5 Å². The van der Waals surface area contributed by atoms with E-state index in [1.807, 2.05) is 18.2 Å². The molecule has 1 saturated heterocycles. The quantitative estimate of drug-likeness (QED) is 0.875. The van der Waals surface area contributed by atoms with Crippen molar-refractivity contribution in [1.29, 1.82) is 0 Å². The minimum absolute atomic E-state index is 0.291. The lowest BCUT2D eigenvalue weighted by molar-refractivity contribution is 0.173. The molecule has 0 saturated carbocycles. The third-order valence-electron chi connectivity index (χ3n) is 4.64. The standard InChI is InChI=1S/C20H24N2O3/c1-3-17(14-22-10-8-21-9-11-22)4-2-16(1)7-12-23-18-5-6-19-20(13-18)25-15-24-19/h1-6,13,21H,7-12,14-15H2. The number of ether oxygens (including phenoxy) is 3. The Morgan fingerprint density at radius 2 is 1.68 bits per heavy atom. The summed E-state index contributed by atoms with van der Waals surface area (Å²) in [7, 11) is 0. The van der Waals surface area contributed by atoms with Crippen LogP contribution in [-0.4, -0.2) is 44.5 Å². The van der Waals surface area contributed by atoms with Crippen LogP contribution >= 0.6 is 0 Å². The molecule has 4 rings (SSSR count). The van der Waals surface area contributed by atoms with Crippen LogP contribution in [0.2, 0.25) is 0 Å². The van der Waals surface area contributed by atoms with Gasteiger partial charge in [0.25, 0.3) is 0 Å². The van der Waals surface area contributed by atoms with Gasteiger partial charge in [-0.2, -0.15) is 0 Å². The van der Waals surface area contributed by atoms with Crippen molar-refractivity contribution in [2.45, 2.75) is 13.0 Å². The van der Waals surface area contributed by atoms with E-state index in [0.717, 1.165) is 56.4 Å². The number of rotatable bonds is 6. The van der Waals surface area contributed by atoms with Crippen molar-refractivity contribution >= 4 is 0 Å². The minimum atomic E-state index is 0.291. The van der Waals surface area contributed by atoms with Crippen molar-refractivity contribution in [2.24, 2.45) is 0 Å². The molecule has 0 aliphatic carbocycles. The molecule has 0 spiro atoms. The Kier molecular flexibility index (Phi) is 5.04. The Morgan fingerprint density at radius 1 is 0.920 bits per heavy atom. The highest BCUT2D eigenvalue weighted by Gasteiger charge is 2.13. The van der Waals surface area contributed by atoms with Gasteiger partial charge in [0.15, 0.2) is 11.5 Å². The van der Waals surface area contributed by atoms with Gasteiger partial charge in [-0.05, 0) is 23.3 Å². The summed E-state index contributed by atoms with van der Waals surface area (Å²) in [6.07, 6.45) is 0.891. The van der Waals surface area contributed by atoms with Crippen LogP contribution in [0.3, 0.4) is 0 Å². The van der Waals surface area contributed by atoms with Crippen LogP contribution in [-0.2, 0) is 13.0 Å². The molecule has 2 aromatic carbocycles. The van der Waals surface area contributed by atoms with E-state index in [1.165, 1.54) is 11.1 Å². The van der Waals surface area contributed by atoms with Crippen LogP contribution in [0.1, 0.15) is 11.1 Å². The molecule has 1 N–H and O–H groups in total. The van der Waals surface area contributed by atoms with Crippen LogP contribution in [0, 0.1) is 0 Å². The van der Waals surface area contributed by atoms with Gasteiger partial charge in [0.2, 0.25) is 6.79 Å². The largest absolute Gasteiger partial charge is 0.493 e. The maximum absolute atomic E-state index is 5.84. The smallest absolute Gasteiger partial charge is 0.231 e. The third-order valence-corrected chi connectivity index (χ3v) is 4.64. The molecule has 0 unspecified atom stereocenters. The third kappa shape index (κ3) is 4.24. The first-order valence-corrected chi connectivity index (χ1v) is 8.90. The average Bonchev–Trinajstić information content (AvgIpc) is 3.12. The maximum Gasteiger partial charge on any atom is 0.231 e. The summed E-state index contributed by atoms with van der Waals surface area (Å²) in [4.78, 5) is 2.49. The first-order valence-electron chi connectivity index (χ1n) is 8.90. The molecule has 0 bridgehead atoms.